The van der Waals surface area contributed by atoms with Crippen LogP contribution in [0.2, 0.25) is 0 Å². The second kappa shape index (κ2) is 6.91. The quantitative estimate of drug-likeness (QED) is 0.549. The monoisotopic (exact) mass is 342 g/mol. The van der Waals surface area contributed by atoms with Crippen LogP contribution in [0.25, 0.3) is 0 Å². The van der Waals surface area contributed by atoms with Crippen LogP contribution in [0.4, 0.5) is 0 Å². The van der Waals surface area contributed by atoms with Gasteiger partial charge in [0.15, 0.2) is 5.60 Å². The highest BCUT2D eigenvalue weighted by atomic mass is 32.2. The lowest BCUT2D eigenvalue weighted by atomic mass is 9.62. The van der Waals surface area contributed by atoms with E-state index < -0.39 is 5.60 Å². The number of rotatable bonds is 4. The number of carbonyl (C=O) groups excluding carboxylic acids is 1. The molecular weight excluding hydrogens is 316 g/mol. The molecule has 0 radical (unpaired) electrons. The molecule has 0 saturated heterocycles. The molecule has 0 aromatic carbocycles. The zero-order chi connectivity index (χ0) is 16.4. The van der Waals surface area contributed by atoms with Gasteiger partial charge in [0.1, 0.15) is 6.10 Å². The van der Waals surface area contributed by atoms with Gasteiger partial charge in [-0.3, -0.25) is 0 Å². The molecule has 1 aliphatic heterocycles. The second-order valence-corrected chi connectivity index (χ2v) is 8.22. The Morgan fingerprint density at radius 1 is 1.50 bits per heavy atom. The Balaban J connectivity index is 2.45. The van der Waals surface area contributed by atoms with Crippen LogP contribution in [0.1, 0.15) is 59.3 Å². The predicted molar refractivity (Wildman–Crippen MR) is 95.0 cm³/mol. The summed E-state index contributed by atoms with van der Waals surface area (Å²) < 4.78 is 12.5. The summed E-state index contributed by atoms with van der Waals surface area (Å²) >= 11 is 6.78. The molecule has 1 saturated carbocycles. The molecule has 0 aromatic rings. The summed E-state index contributed by atoms with van der Waals surface area (Å²) in [5, 5.41) is 0. The summed E-state index contributed by atoms with van der Waals surface area (Å²) in [6.45, 7) is 6.52. The van der Waals surface area contributed by atoms with Gasteiger partial charge in [-0.15, -0.1) is 0 Å². The van der Waals surface area contributed by atoms with E-state index in [4.69, 9.17) is 21.7 Å². The first-order valence-corrected chi connectivity index (χ1v) is 9.69. The highest BCUT2D eigenvalue weighted by Crippen LogP contribution is 2.52. The van der Waals surface area contributed by atoms with E-state index in [1.54, 1.807) is 6.08 Å². The molecule has 1 heterocycles. The number of unbranched alkanes of at least 4 members (excludes halogenated alkanes) is 1. The molecular formula is C17H26O3S2. The highest BCUT2D eigenvalue weighted by Gasteiger charge is 2.55. The van der Waals surface area contributed by atoms with E-state index in [1.165, 1.54) is 11.8 Å². The fourth-order valence-corrected chi connectivity index (χ4v) is 4.10. The van der Waals surface area contributed by atoms with Gasteiger partial charge in [0, 0.05) is 6.08 Å². The van der Waals surface area contributed by atoms with Crippen LogP contribution in [0, 0.1) is 5.41 Å². The maximum atomic E-state index is 12.1. The highest BCUT2D eigenvalue weighted by molar-refractivity contribution is 8.22. The standard InChI is InChI=1S/C17H26O3S2/c1-5-6-8-13-17(20-15(21)22-4)10-7-9-16(2,3)12(17)11-14(18)19-13/h11,13H,5-10H2,1-4H3/t13-,17+/m1/s1. The second-order valence-electron chi connectivity index (χ2n) is 6.81. The molecule has 0 aromatic heterocycles. The van der Waals surface area contributed by atoms with Crippen molar-refractivity contribution in [1.29, 1.82) is 0 Å². The van der Waals surface area contributed by atoms with Crippen molar-refractivity contribution in [3.63, 3.8) is 0 Å². The molecule has 1 fully saturated rings. The number of carbonyl (C=O) groups is 1. The van der Waals surface area contributed by atoms with Gasteiger partial charge in [-0.25, -0.2) is 4.79 Å². The lowest BCUT2D eigenvalue weighted by molar-refractivity contribution is -0.163. The predicted octanol–water partition coefficient (Wildman–Crippen LogP) is 4.64. The minimum absolute atomic E-state index is 0.0593. The van der Waals surface area contributed by atoms with Crippen LogP contribution in [0.3, 0.4) is 0 Å². The molecule has 0 N–H and O–H groups in total. The first-order valence-electron chi connectivity index (χ1n) is 8.06. The van der Waals surface area contributed by atoms with Crippen molar-refractivity contribution in [2.45, 2.75) is 71.0 Å². The molecule has 1 aliphatic carbocycles. The topological polar surface area (TPSA) is 35.5 Å². The zero-order valence-electron chi connectivity index (χ0n) is 13.9. The third kappa shape index (κ3) is 3.35. The number of esters is 1. The van der Waals surface area contributed by atoms with Crippen LogP contribution in [0.5, 0.6) is 0 Å². The van der Waals surface area contributed by atoms with Crippen LogP contribution in [0.15, 0.2) is 11.6 Å². The number of thioether (sulfide) groups is 1. The third-order valence-electron chi connectivity index (χ3n) is 4.83. The maximum absolute atomic E-state index is 12.1. The number of fused-ring (bicyclic) bond motifs is 1. The van der Waals surface area contributed by atoms with Gasteiger partial charge in [0.05, 0.1) is 0 Å². The first kappa shape index (κ1) is 17.8. The number of ether oxygens (including phenoxy) is 2. The Labute approximate surface area is 143 Å². The van der Waals surface area contributed by atoms with Crippen LogP contribution in [-0.4, -0.2) is 28.3 Å². The van der Waals surface area contributed by atoms with Gasteiger partial charge in [0.2, 0.25) is 4.38 Å². The van der Waals surface area contributed by atoms with Gasteiger partial charge in [-0.1, -0.05) is 39.0 Å². The van der Waals surface area contributed by atoms with Crippen LogP contribution < -0.4 is 0 Å². The lowest BCUT2D eigenvalue weighted by Crippen LogP contribution is -2.57. The molecule has 2 rings (SSSR count). The normalized spacial score (nSPS) is 30.1. The van der Waals surface area contributed by atoms with E-state index in [0.29, 0.717) is 4.38 Å². The number of hydrogen-bond acceptors (Lipinski definition) is 5. The maximum Gasteiger partial charge on any atom is 0.331 e. The minimum Gasteiger partial charge on any atom is -0.463 e. The van der Waals surface area contributed by atoms with Crippen LogP contribution in [-0.2, 0) is 14.3 Å². The summed E-state index contributed by atoms with van der Waals surface area (Å²) in [4.78, 5) is 12.1. The molecule has 2 aliphatic rings. The van der Waals surface area contributed by atoms with Gasteiger partial charge >= 0.3 is 5.97 Å². The summed E-state index contributed by atoms with van der Waals surface area (Å²) in [5.41, 5.74) is 0.446. The Bertz CT molecular complexity index is 484. The largest absolute Gasteiger partial charge is 0.463 e. The average Bonchev–Trinajstić information content (AvgIpc) is 2.46. The van der Waals surface area contributed by atoms with Crippen molar-refractivity contribution >= 4 is 34.3 Å². The molecule has 2 atom stereocenters. The van der Waals surface area contributed by atoms with E-state index in [1.807, 2.05) is 6.26 Å². The van der Waals surface area contributed by atoms with E-state index >= 15 is 0 Å². The molecule has 3 nitrogen and oxygen atoms in total. The number of cyclic esters (lactones) is 1. The van der Waals surface area contributed by atoms with Crippen molar-refractivity contribution in [3.05, 3.63) is 11.6 Å². The number of thiocarbonyl (C=S) groups is 1. The third-order valence-corrected chi connectivity index (χ3v) is 5.83. The molecule has 5 heteroatoms. The van der Waals surface area contributed by atoms with Gasteiger partial charge in [-0.2, -0.15) is 0 Å². The Hall–Kier alpha value is -0.550. The van der Waals surface area contributed by atoms with E-state index in [0.717, 1.165) is 44.1 Å². The average molecular weight is 343 g/mol. The minimum atomic E-state index is -0.565. The summed E-state index contributed by atoms with van der Waals surface area (Å²) in [6.07, 6.45) is 9.24. The Morgan fingerprint density at radius 3 is 2.86 bits per heavy atom. The molecule has 22 heavy (non-hydrogen) atoms. The molecule has 0 spiro atoms. The lowest BCUT2D eigenvalue weighted by Gasteiger charge is -2.52. The molecule has 0 amide bonds. The molecule has 0 bridgehead atoms. The first-order chi connectivity index (χ1) is 10.4. The van der Waals surface area contributed by atoms with E-state index in [2.05, 4.69) is 20.8 Å². The van der Waals surface area contributed by atoms with Gasteiger partial charge in [-0.05, 0) is 61.6 Å². The Morgan fingerprint density at radius 2 is 2.23 bits per heavy atom. The SMILES string of the molecule is CCCC[C@H]1OC(=O)C=C2C(C)(C)CCC[C@]21OC(=S)SC. The van der Waals surface area contributed by atoms with Crippen molar-refractivity contribution in [3.8, 4) is 0 Å². The van der Waals surface area contributed by atoms with Crippen LogP contribution >= 0.6 is 24.0 Å². The smallest absolute Gasteiger partial charge is 0.331 e. The molecule has 124 valence electrons. The Kier molecular flexibility index (Phi) is 5.59. The van der Waals surface area contributed by atoms with Crippen molar-refractivity contribution < 1.29 is 14.3 Å². The van der Waals surface area contributed by atoms with Crippen molar-refractivity contribution in [2.24, 2.45) is 5.41 Å². The van der Waals surface area contributed by atoms with E-state index in [-0.39, 0.29) is 17.5 Å². The summed E-state index contributed by atoms with van der Waals surface area (Å²) in [7, 11) is 0. The van der Waals surface area contributed by atoms with Crippen molar-refractivity contribution in [1.82, 2.24) is 0 Å². The molecule has 0 unspecified atom stereocenters. The zero-order valence-corrected chi connectivity index (χ0v) is 15.6. The van der Waals surface area contributed by atoms with E-state index in [9.17, 15) is 4.79 Å². The van der Waals surface area contributed by atoms with Crippen molar-refractivity contribution in [2.75, 3.05) is 6.26 Å². The van der Waals surface area contributed by atoms with Gasteiger partial charge < -0.3 is 9.47 Å². The summed E-state index contributed by atoms with van der Waals surface area (Å²) in [6, 6.07) is 0. The summed E-state index contributed by atoms with van der Waals surface area (Å²) in [5.74, 6) is -0.236. The fraction of sp³-hybridized carbons (Fsp3) is 0.765. The van der Waals surface area contributed by atoms with Gasteiger partial charge in [0.25, 0.3) is 0 Å². The number of hydrogen-bond donors (Lipinski definition) is 0. The fourth-order valence-electron chi connectivity index (χ4n) is 3.72.